The Morgan fingerprint density at radius 1 is 0.917 bits per heavy atom. The molecule has 2 saturated carbocycles. The Labute approximate surface area is 140 Å². The highest BCUT2D eigenvalue weighted by Gasteiger charge is 2.45. The zero-order chi connectivity index (χ0) is 16.8. The van der Waals surface area contributed by atoms with Crippen LogP contribution in [0.1, 0.15) is 77.1 Å². The molecular formula is C19H19NO4. The minimum atomic E-state index is -0.786. The van der Waals surface area contributed by atoms with Crippen molar-refractivity contribution in [1.82, 2.24) is 4.90 Å². The molecule has 1 aliphatic heterocycles. The zero-order valence-electron chi connectivity index (χ0n) is 13.4. The van der Waals surface area contributed by atoms with E-state index < -0.39 is 6.04 Å². The van der Waals surface area contributed by atoms with Crippen LogP contribution in [0.3, 0.4) is 0 Å². The number of fused-ring (bicyclic) bond motifs is 1. The van der Waals surface area contributed by atoms with Gasteiger partial charge in [0.15, 0.2) is 5.78 Å². The number of carbonyl (C=O) groups excluding carboxylic acids is 4. The van der Waals surface area contributed by atoms with Crippen molar-refractivity contribution in [2.45, 2.75) is 56.9 Å². The lowest BCUT2D eigenvalue weighted by atomic mass is 9.90. The van der Waals surface area contributed by atoms with Crippen molar-refractivity contribution in [3.8, 4) is 0 Å². The maximum absolute atomic E-state index is 13.0. The Hall–Kier alpha value is -2.30. The summed E-state index contributed by atoms with van der Waals surface area (Å²) in [5.41, 5.74) is 1.85. The van der Waals surface area contributed by atoms with Crippen molar-refractivity contribution in [3.05, 3.63) is 34.9 Å². The number of hydrogen-bond donors (Lipinski definition) is 0. The Balaban J connectivity index is 1.72. The van der Waals surface area contributed by atoms with Crippen LogP contribution in [-0.4, -0.2) is 34.3 Å². The van der Waals surface area contributed by atoms with Crippen molar-refractivity contribution < 1.29 is 19.2 Å². The van der Waals surface area contributed by atoms with E-state index in [2.05, 4.69) is 0 Å². The molecule has 1 atom stereocenters. The van der Waals surface area contributed by atoms with Crippen LogP contribution in [0.5, 0.6) is 0 Å². The summed E-state index contributed by atoms with van der Waals surface area (Å²) in [5.74, 6) is -0.851. The van der Waals surface area contributed by atoms with Crippen LogP contribution < -0.4 is 0 Å². The SMILES string of the molecule is O=C1CCC(N2C(=O)c3cccc(C4CCCC4)c3C2=O)C(=O)C1. The third-order valence-corrected chi connectivity index (χ3v) is 5.52. The maximum Gasteiger partial charge on any atom is 0.262 e. The summed E-state index contributed by atoms with van der Waals surface area (Å²) in [6.45, 7) is 0. The smallest absolute Gasteiger partial charge is 0.262 e. The number of benzene rings is 1. The Morgan fingerprint density at radius 2 is 1.67 bits per heavy atom. The Kier molecular flexibility index (Phi) is 3.59. The molecule has 1 heterocycles. The van der Waals surface area contributed by atoms with Gasteiger partial charge in [-0.3, -0.25) is 24.1 Å². The number of carbonyl (C=O) groups is 4. The van der Waals surface area contributed by atoms with Gasteiger partial charge in [-0.15, -0.1) is 0 Å². The normalized spacial score (nSPS) is 24.8. The van der Waals surface area contributed by atoms with Crippen molar-refractivity contribution in [2.24, 2.45) is 0 Å². The van der Waals surface area contributed by atoms with E-state index in [0.29, 0.717) is 17.0 Å². The van der Waals surface area contributed by atoms with E-state index in [1.54, 1.807) is 6.07 Å². The fraction of sp³-hybridized carbons (Fsp3) is 0.474. The first kappa shape index (κ1) is 15.2. The molecule has 2 amide bonds. The van der Waals surface area contributed by atoms with Gasteiger partial charge < -0.3 is 0 Å². The van der Waals surface area contributed by atoms with Crippen molar-refractivity contribution >= 4 is 23.4 Å². The lowest BCUT2D eigenvalue weighted by molar-refractivity contribution is -0.132. The third-order valence-electron chi connectivity index (χ3n) is 5.52. The molecule has 4 rings (SSSR count). The Bertz CT molecular complexity index is 761. The molecule has 0 bridgehead atoms. The molecule has 0 aromatic heterocycles. The summed E-state index contributed by atoms with van der Waals surface area (Å²) in [4.78, 5) is 50.5. The topological polar surface area (TPSA) is 71.5 Å². The highest BCUT2D eigenvalue weighted by atomic mass is 16.2. The minimum Gasteiger partial charge on any atom is -0.299 e. The highest BCUT2D eigenvalue weighted by Crippen LogP contribution is 2.40. The standard InChI is InChI=1S/C19H19NO4/c21-12-8-9-15(16(22)10-12)20-18(23)14-7-3-6-13(17(14)19(20)24)11-4-1-2-5-11/h3,6-7,11,15H,1-2,4-5,8-10H2. The van der Waals surface area contributed by atoms with Crippen LogP contribution in [0.15, 0.2) is 18.2 Å². The number of ketones is 2. The molecule has 5 heteroatoms. The van der Waals surface area contributed by atoms with Gasteiger partial charge in [0, 0.05) is 6.42 Å². The van der Waals surface area contributed by atoms with Gasteiger partial charge in [0.2, 0.25) is 0 Å². The van der Waals surface area contributed by atoms with E-state index in [4.69, 9.17) is 0 Å². The van der Waals surface area contributed by atoms with E-state index >= 15 is 0 Å². The van der Waals surface area contributed by atoms with Crippen LogP contribution in [-0.2, 0) is 9.59 Å². The van der Waals surface area contributed by atoms with Gasteiger partial charge in [0.25, 0.3) is 11.8 Å². The van der Waals surface area contributed by atoms with E-state index in [0.717, 1.165) is 36.1 Å². The quantitative estimate of drug-likeness (QED) is 0.619. The van der Waals surface area contributed by atoms with Gasteiger partial charge in [0.05, 0.1) is 23.6 Å². The molecular weight excluding hydrogens is 306 g/mol. The summed E-state index contributed by atoms with van der Waals surface area (Å²) in [7, 11) is 0. The number of hydrogen-bond acceptors (Lipinski definition) is 4. The minimum absolute atomic E-state index is 0.112. The van der Waals surface area contributed by atoms with Gasteiger partial charge in [-0.05, 0) is 36.8 Å². The molecule has 124 valence electrons. The molecule has 0 saturated heterocycles. The average Bonchev–Trinajstić information content (AvgIpc) is 3.17. The second kappa shape index (κ2) is 5.65. The summed E-state index contributed by atoms with van der Waals surface area (Å²) < 4.78 is 0. The first-order chi connectivity index (χ1) is 11.6. The Morgan fingerprint density at radius 3 is 2.38 bits per heavy atom. The molecule has 0 radical (unpaired) electrons. The number of amides is 2. The molecule has 0 spiro atoms. The van der Waals surface area contributed by atoms with Crippen LogP contribution in [0, 0.1) is 0 Å². The largest absolute Gasteiger partial charge is 0.299 e. The summed E-state index contributed by atoms with van der Waals surface area (Å²) in [6.07, 6.45) is 4.69. The third kappa shape index (κ3) is 2.22. The first-order valence-corrected chi connectivity index (χ1v) is 8.63. The van der Waals surface area contributed by atoms with Gasteiger partial charge in [-0.25, -0.2) is 0 Å². The molecule has 2 fully saturated rings. The monoisotopic (exact) mass is 325 g/mol. The van der Waals surface area contributed by atoms with Crippen molar-refractivity contribution in [1.29, 1.82) is 0 Å². The summed E-state index contributed by atoms with van der Waals surface area (Å²) >= 11 is 0. The van der Waals surface area contributed by atoms with E-state index in [-0.39, 0.29) is 42.6 Å². The molecule has 1 aromatic carbocycles. The molecule has 1 unspecified atom stereocenters. The predicted molar refractivity (Wildman–Crippen MR) is 85.8 cm³/mol. The fourth-order valence-electron chi connectivity index (χ4n) is 4.32. The lowest BCUT2D eigenvalue weighted by Gasteiger charge is -2.27. The molecule has 0 N–H and O–H groups in total. The molecule has 5 nitrogen and oxygen atoms in total. The van der Waals surface area contributed by atoms with Gasteiger partial charge >= 0.3 is 0 Å². The van der Waals surface area contributed by atoms with E-state index in [1.807, 2.05) is 12.1 Å². The van der Waals surface area contributed by atoms with Gasteiger partial charge in [0.1, 0.15) is 5.78 Å². The lowest BCUT2D eigenvalue weighted by Crippen LogP contribution is -2.47. The molecule has 2 aliphatic carbocycles. The number of imide groups is 1. The maximum atomic E-state index is 13.0. The zero-order valence-corrected chi connectivity index (χ0v) is 13.4. The first-order valence-electron chi connectivity index (χ1n) is 8.63. The number of rotatable bonds is 2. The molecule has 3 aliphatic rings. The fourth-order valence-corrected chi connectivity index (χ4v) is 4.32. The number of nitrogens with zero attached hydrogens (tertiary/aromatic N) is 1. The molecule has 24 heavy (non-hydrogen) atoms. The summed E-state index contributed by atoms with van der Waals surface area (Å²) in [5, 5.41) is 0. The van der Waals surface area contributed by atoms with Gasteiger partial charge in [-0.1, -0.05) is 25.0 Å². The van der Waals surface area contributed by atoms with Gasteiger partial charge in [-0.2, -0.15) is 0 Å². The molecule has 1 aromatic rings. The van der Waals surface area contributed by atoms with E-state index in [9.17, 15) is 19.2 Å². The average molecular weight is 325 g/mol. The van der Waals surface area contributed by atoms with Crippen LogP contribution in [0.4, 0.5) is 0 Å². The van der Waals surface area contributed by atoms with E-state index in [1.165, 1.54) is 0 Å². The van der Waals surface area contributed by atoms with Crippen molar-refractivity contribution in [2.75, 3.05) is 0 Å². The van der Waals surface area contributed by atoms with Crippen LogP contribution >= 0.6 is 0 Å². The number of Topliss-reactive ketones (excluding diaryl/α,β-unsaturated/α-hetero) is 2. The van der Waals surface area contributed by atoms with Crippen molar-refractivity contribution in [3.63, 3.8) is 0 Å². The van der Waals surface area contributed by atoms with Crippen LogP contribution in [0.25, 0.3) is 0 Å². The van der Waals surface area contributed by atoms with Crippen LogP contribution in [0.2, 0.25) is 0 Å². The second-order valence-electron chi connectivity index (χ2n) is 6.97. The highest BCUT2D eigenvalue weighted by molar-refractivity contribution is 6.24. The summed E-state index contributed by atoms with van der Waals surface area (Å²) in [6, 6.07) is 4.65. The predicted octanol–water partition coefficient (Wildman–Crippen LogP) is 2.63. The second-order valence-corrected chi connectivity index (χ2v) is 6.97.